The number of anilines is 1. The third-order valence-corrected chi connectivity index (χ3v) is 3.58. The predicted octanol–water partition coefficient (Wildman–Crippen LogP) is 5.04. The molecule has 1 N–H and O–H groups in total. The van der Waals surface area contributed by atoms with Gasteiger partial charge in [0, 0.05) is 5.69 Å². The minimum atomic E-state index is -0.772. The van der Waals surface area contributed by atoms with Crippen LogP contribution < -0.4 is 5.32 Å². The van der Waals surface area contributed by atoms with E-state index in [2.05, 4.69) is 15.5 Å². The highest BCUT2D eigenvalue weighted by Gasteiger charge is 2.11. The van der Waals surface area contributed by atoms with Crippen LogP contribution in [-0.4, -0.2) is 18.5 Å². The van der Waals surface area contributed by atoms with E-state index in [0.29, 0.717) is 11.4 Å². The molecule has 28 heavy (non-hydrogen) atoms. The number of carbonyl (C=O) groups excluding carboxylic acids is 2. The van der Waals surface area contributed by atoms with Crippen LogP contribution in [0.2, 0.25) is 0 Å². The Hall–Kier alpha value is -3.87. The molecule has 3 rings (SSSR count). The molecule has 1 amide bonds. The summed E-state index contributed by atoms with van der Waals surface area (Å²) in [5.41, 5.74) is 1.92. The summed E-state index contributed by atoms with van der Waals surface area (Å²) in [6.45, 7) is -0.481. The Kier molecular flexibility index (Phi) is 6.20. The smallest absolute Gasteiger partial charge is 0.338 e. The molecule has 140 valence electrons. The van der Waals surface area contributed by atoms with Crippen molar-refractivity contribution in [1.82, 2.24) is 0 Å². The van der Waals surface area contributed by atoms with E-state index >= 15 is 0 Å². The molecule has 0 aliphatic carbocycles. The molecular formula is C21H16FN3O3. The quantitative estimate of drug-likeness (QED) is 0.483. The summed E-state index contributed by atoms with van der Waals surface area (Å²) in [5, 5.41) is 10.8. The maximum atomic E-state index is 13.1. The second-order valence-electron chi connectivity index (χ2n) is 5.72. The maximum absolute atomic E-state index is 13.1. The molecule has 0 bridgehead atoms. The van der Waals surface area contributed by atoms with E-state index in [1.807, 2.05) is 30.3 Å². The minimum absolute atomic E-state index is 0.0425. The molecule has 0 fully saturated rings. The Balaban J connectivity index is 1.50. The van der Waals surface area contributed by atoms with Crippen LogP contribution in [0.5, 0.6) is 0 Å². The topological polar surface area (TPSA) is 80.1 Å². The fourth-order valence-corrected chi connectivity index (χ4v) is 2.25. The molecule has 0 radical (unpaired) electrons. The van der Waals surface area contributed by atoms with E-state index in [-0.39, 0.29) is 5.56 Å². The highest BCUT2D eigenvalue weighted by atomic mass is 19.1. The summed E-state index contributed by atoms with van der Waals surface area (Å²) in [5.74, 6) is -1.84. The molecule has 0 heterocycles. The molecule has 0 aliphatic rings. The number of amides is 1. The number of nitrogens with one attached hydrogen (secondary N) is 1. The number of rotatable bonds is 6. The van der Waals surface area contributed by atoms with Crippen molar-refractivity contribution in [2.45, 2.75) is 0 Å². The van der Waals surface area contributed by atoms with Gasteiger partial charge in [-0.15, -0.1) is 0 Å². The Morgan fingerprint density at radius 1 is 0.857 bits per heavy atom. The van der Waals surface area contributed by atoms with E-state index in [9.17, 15) is 14.0 Å². The molecule has 0 saturated heterocycles. The van der Waals surface area contributed by atoms with Gasteiger partial charge in [0.1, 0.15) is 5.82 Å². The zero-order valence-electron chi connectivity index (χ0n) is 14.7. The lowest BCUT2D eigenvalue weighted by Crippen LogP contribution is -2.20. The number of ether oxygens (including phenoxy) is 1. The summed E-state index contributed by atoms with van der Waals surface area (Å²) in [6, 6.07) is 21.1. The lowest BCUT2D eigenvalue weighted by molar-refractivity contribution is -0.119. The number of azo groups is 1. The molecule has 0 unspecified atom stereocenters. The summed E-state index contributed by atoms with van der Waals surface area (Å²) < 4.78 is 18.0. The first kappa shape index (κ1) is 18.9. The van der Waals surface area contributed by atoms with E-state index in [1.54, 1.807) is 24.3 Å². The van der Waals surface area contributed by atoms with Crippen LogP contribution in [0, 0.1) is 5.82 Å². The van der Waals surface area contributed by atoms with Crippen molar-refractivity contribution < 1.29 is 18.7 Å². The molecule has 0 atom stereocenters. The standard InChI is InChI=1S/C21H16FN3O3/c22-16-6-4-5-15(13-16)21(27)28-14-20(26)23-17-9-11-19(12-10-17)25-24-18-7-2-1-3-8-18/h1-13H,14H2,(H,23,26). The third kappa shape index (κ3) is 5.57. The van der Waals surface area contributed by atoms with Crippen LogP contribution in [0.25, 0.3) is 0 Å². The highest BCUT2D eigenvalue weighted by Crippen LogP contribution is 2.20. The number of esters is 1. The van der Waals surface area contributed by atoms with Crippen molar-refractivity contribution in [2.24, 2.45) is 10.2 Å². The largest absolute Gasteiger partial charge is 0.452 e. The van der Waals surface area contributed by atoms with Crippen molar-refractivity contribution in [3.8, 4) is 0 Å². The van der Waals surface area contributed by atoms with Crippen LogP contribution in [0.1, 0.15) is 10.4 Å². The number of nitrogens with zero attached hydrogens (tertiary/aromatic N) is 2. The van der Waals surface area contributed by atoms with E-state index in [4.69, 9.17) is 4.74 Å². The van der Waals surface area contributed by atoms with Crippen molar-refractivity contribution in [2.75, 3.05) is 11.9 Å². The average Bonchev–Trinajstić information content (AvgIpc) is 2.72. The van der Waals surface area contributed by atoms with Crippen LogP contribution in [0.15, 0.2) is 89.1 Å². The van der Waals surface area contributed by atoms with Gasteiger partial charge in [0.15, 0.2) is 6.61 Å². The van der Waals surface area contributed by atoms with E-state index < -0.39 is 24.3 Å². The van der Waals surface area contributed by atoms with E-state index in [1.165, 1.54) is 18.2 Å². The minimum Gasteiger partial charge on any atom is -0.452 e. The maximum Gasteiger partial charge on any atom is 0.338 e. The monoisotopic (exact) mass is 377 g/mol. The molecule has 7 heteroatoms. The van der Waals surface area contributed by atoms with Crippen LogP contribution >= 0.6 is 0 Å². The third-order valence-electron chi connectivity index (χ3n) is 3.58. The van der Waals surface area contributed by atoms with Crippen molar-refractivity contribution in [3.05, 3.63) is 90.2 Å². The van der Waals surface area contributed by atoms with Gasteiger partial charge < -0.3 is 10.1 Å². The molecular weight excluding hydrogens is 361 g/mol. The Labute approximate surface area is 160 Å². The van der Waals surface area contributed by atoms with Gasteiger partial charge in [0.2, 0.25) is 0 Å². The molecule has 0 aliphatic heterocycles. The zero-order chi connectivity index (χ0) is 19.8. The second kappa shape index (κ2) is 9.18. The summed E-state index contributed by atoms with van der Waals surface area (Å²) in [7, 11) is 0. The van der Waals surface area contributed by atoms with Gasteiger partial charge in [-0.1, -0.05) is 24.3 Å². The van der Waals surface area contributed by atoms with E-state index in [0.717, 1.165) is 11.8 Å². The number of halogens is 1. The van der Waals surface area contributed by atoms with Gasteiger partial charge in [-0.25, -0.2) is 9.18 Å². The van der Waals surface area contributed by atoms with Crippen molar-refractivity contribution in [3.63, 3.8) is 0 Å². The second-order valence-corrected chi connectivity index (χ2v) is 5.72. The lowest BCUT2D eigenvalue weighted by atomic mass is 10.2. The molecule has 6 nitrogen and oxygen atoms in total. The number of carbonyl (C=O) groups is 2. The first-order valence-electron chi connectivity index (χ1n) is 8.39. The summed E-state index contributed by atoms with van der Waals surface area (Å²) >= 11 is 0. The fraction of sp³-hybridized carbons (Fsp3) is 0.0476. The van der Waals surface area contributed by atoms with Crippen molar-refractivity contribution >= 4 is 28.9 Å². The van der Waals surface area contributed by atoms with Gasteiger partial charge in [-0.2, -0.15) is 10.2 Å². The lowest BCUT2D eigenvalue weighted by Gasteiger charge is -2.07. The SMILES string of the molecule is O=C(COC(=O)c1cccc(F)c1)Nc1ccc(N=Nc2ccccc2)cc1. The number of hydrogen-bond acceptors (Lipinski definition) is 5. The van der Waals surface area contributed by atoms with Crippen molar-refractivity contribution in [1.29, 1.82) is 0 Å². The molecule has 3 aromatic carbocycles. The number of hydrogen-bond donors (Lipinski definition) is 1. The average molecular weight is 377 g/mol. The van der Waals surface area contributed by atoms with Crippen LogP contribution in [0.4, 0.5) is 21.5 Å². The molecule has 0 spiro atoms. The summed E-state index contributed by atoms with van der Waals surface area (Å²) in [6.07, 6.45) is 0. The first-order chi connectivity index (χ1) is 13.6. The Morgan fingerprint density at radius 3 is 2.21 bits per heavy atom. The Morgan fingerprint density at radius 2 is 1.54 bits per heavy atom. The number of benzene rings is 3. The van der Waals surface area contributed by atoms with Gasteiger partial charge in [-0.3, -0.25) is 4.79 Å². The van der Waals surface area contributed by atoms with Crippen LogP contribution in [-0.2, 0) is 9.53 Å². The normalized spacial score (nSPS) is 10.6. The molecule has 0 aromatic heterocycles. The molecule has 0 saturated carbocycles. The fourth-order valence-electron chi connectivity index (χ4n) is 2.25. The highest BCUT2D eigenvalue weighted by molar-refractivity contribution is 5.95. The zero-order valence-corrected chi connectivity index (χ0v) is 14.7. The van der Waals surface area contributed by atoms with Gasteiger partial charge >= 0.3 is 5.97 Å². The predicted molar refractivity (Wildman–Crippen MR) is 102 cm³/mol. The molecule has 3 aromatic rings. The first-order valence-corrected chi connectivity index (χ1v) is 8.39. The Bertz CT molecular complexity index is 989. The van der Waals surface area contributed by atoms with Gasteiger partial charge in [-0.05, 0) is 54.6 Å². The summed E-state index contributed by atoms with van der Waals surface area (Å²) in [4.78, 5) is 23.7. The van der Waals surface area contributed by atoms with Crippen LogP contribution in [0.3, 0.4) is 0 Å². The van der Waals surface area contributed by atoms with Gasteiger partial charge in [0.25, 0.3) is 5.91 Å². The van der Waals surface area contributed by atoms with Gasteiger partial charge in [0.05, 0.1) is 16.9 Å².